The molecule has 100 valence electrons. The molecule has 0 amide bonds. The summed E-state index contributed by atoms with van der Waals surface area (Å²) in [6, 6.07) is 0. The molecule has 1 rings (SSSR count). The fourth-order valence-electron chi connectivity index (χ4n) is 2.20. The summed E-state index contributed by atoms with van der Waals surface area (Å²) in [5, 5.41) is 0. The lowest BCUT2D eigenvalue weighted by Crippen LogP contribution is -2.42. The first-order chi connectivity index (χ1) is 8.37. The van der Waals surface area contributed by atoms with Gasteiger partial charge in [-0.2, -0.15) is 0 Å². The van der Waals surface area contributed by atoms with E-state index in [1.54, 1.807) is 13.0 Å². The van der Waals surface area contributed by atoms with Gasteiger partial charge in [0.2, 0.25) is 0 Å². The maximum atomic E-state index is 12.0. The van der Waals surface area contributed by atoms with E-state index >= 15 is 0 Å². The Morgan fingerprint density at radius 1 is 1.28 bits per heavy atom. The quantitative estimate of drug-likeness (QED) is 0.593. The van der Waals surface area contributed by atoms with Crippen LogP contribution in [0.25, 0.3) is 0 Å². The molecule has 0 aliphatic heterocycles. The van der Waals surface area contributed by atoms with Gasteiger partial charge in [-0.15, -0.1) is 0 Å². The first-order valence-corrected chi connectivity index (χ1v) is 6.40. The van der Waals surface area contributed by atoms with Crippen LogP contribution in [0.15, 0.2) is 22.2 Å². The number of carbonyl (C=O) groups is 2. The summed E-state index contributed by atoms with van der Waals surface area (Å²) in [6.45, 7) is 3.50. The van der Waals surface area contributed by atoms with Crippen molar-refractivity contribution in [1.29, 1.82) is 0 Å². The van der Waals surface area contributed by atoms with E-state index < -0.39 is 17.4 Å². The zero-order valence-electron chi connectivity index (χ0n) is 11.0. The van der Waals surface area contributed by atoms with Crippen molar-refractivity contribution in [3.63, 3.8) is 0 Å². The van der Waals surface area contributed by atoms with E-state index in [0.717, 1.165) is 10.9 Å². The van der Waals surface area contributed by atoms with Crippen LogP contribution in [-0.2, 0) is 19.1 Å². The highest BCUT2D eigenvalue weighted by molar-refractivity contribution is 9.11. The topological polar surface area (TPSA) is 52.6 Å². The van der Waals surface area contributed by atoms with Crippen LogP contribution in [0.2, 0.25) is 0 Å². The lowest BCUT2D eigenvalue weighted by atomic mass is 9.73. The van der Waals surface area contributed by atoms with Crippen LogP contribution >= 0.6 is 15.9 Å². The van der Waals surface area contributed by atoms with Crippen molar-refractivity contribution in [2.75, 3.05) is 14.2 Å². The van der Waals surface area contributed by atoms with Crippen molar-refractivity contribution in [1.82, 2.24) is 0 Å². The van der Waals surface area contributed by atoms with E-state index in [0.29, 0.717) is 5.57 Å². The van der Waals surface area contributed by atoms with Gasteiger partial charge in [0.25, 0.3) is 0 Å². The Labute approximate surface area is 115 Å². The molecule has 5 heteroatoms. The molecule has 18 heavy (non-hydrogen) atoms. The molecule has 1 unspecified atom stereocenters. The molecule has 1 atom stereocenters. The van der Waals surface area contributed by atoms with E-state index in [9.17, 15) is 9.59 Å². The normalized spacial score (nSPS) is 19.7. The largest absolute Gasteiger partial charge is 0.468 e. The number of allylic oxidation sites excluding steroid dienone is 3. The Balaban J connectivity index is 3.28. The predicted octanol–water partition coefficient (Wildman–Crippen LogP) is 2.58. The third-order valence-corrected chi connectivity index (χ3v) is 3.83. The van der Waals surface area contributed by atoms with E-state index in [1.807, 2.05) is 13.0 Å². The number of halogens is 1. The molecule has 0 radical (unpaired) electrons. The van der Waals surface area contributed by atoms with Crippen LogP contribution in [0.1, 0.15) is 20.3 Å². The predicted molar refractivity (Wildman–Crippen MR) is 71.0 cm³/mol. The van der Waals surface area contributed by atoms with Gasteiger partial charge in [0, 0.05) is 0 Å². The Morgan fingerprint density at radius 2 is 1.78 bits per heavy atom. The SMILES string of the molecule is COC(=O)C(C)(C(=O)OC)C1=CC=C(Br)CC1C. The van der Waals surface area contributed by atoms with Crippen molar-refractivity contribution >= 4 is 27.9 Å². The molecule has 0 heterocycles. The van der Waals surface area contributed by atoms with Crippen LogP contribution in [-0.4, -0.2) is 26.2 Å². The summed E-state index contributed by atoms with van der Waals surface area (Å²) in [4.78, 5) is 23.9. The van der Waals surface area contributed by atoms with Crippen LogP contribution in [0.5, 0.6) is 0 Å². The minimum Gasteiger partial charge on any atom is -0.468 e. The van der Waals surface area contributed by atoms with E-state index in [2.05, 4.69) is 15.9 Å². The average Bonchev–Trinajstić information content (AvgIpc) is 2.35. The van der Waals surface area contributed by atoms with Crippen LogP contribution in [0.3, 0.4) is 0 Å². The maximum Gasteiger partial charge on any atom is 0.327 e. The van der Waals surface area contributed by atoms with Crippen molar-refractivity contribution < 1.29 is 19.1 Å². The molecule has 0 N–H and O–H groups in total. The minimum atomic E-state index is -1.38. The molecule has 0 spiro atoms. The van der Waals surface area contributed by atoms with Crippen LogP contribution < -0.4 is 0 Å². The summed E-state index contributed by atoms with van der Waals surface area (Å²) >= 11 is 3.42. The summed E-state index contributed by atoms with van der Waals surface area (Å²) in [5.41, 5.74) is -0.669. The fraction of sp³-hybridized carbons (Fsp3) is 0.538. The van der Waals surface area contributed by atoms with Gasteiger partial charge in [0.15, 0.2) is 5.41 Å². The lowest BCUT2D eigenvalue weighted by Gasteiger charge is -2.32. The minimum absolute atomic E-state index is 0.0626. The molecule has 1 aliphatic carbocycles. The zero-order valence-corrected chi connectivity index (χ0v) is 12.5. The fourth-order valence-corrected chi connectivity index (χ4v) is 2.82. The second-order valence-corrected chi connectivity index (χ2v) is 5.47. The van der Waals surface area contributed by atoms with Gasteiger partial charge in [-0.3, -0.25) is 9.59 Å². The summed E-state index contributed by atoms with van der Waals surface area (Å²) < 4.78 is 10.5. The number of rotatable bonds is 3. The molecular weight excluding hydrogens is 300 g/mol. The highest BCUT2D eigenvalue weighted by atomic mass is 79.9. The van der Waals surface area contributed by atoms with E-state index in [4.69, 9.17) is 9.47 Å². The number of methoxy groups -OCH3 is 2. The van der Waals surface area contributed by atoms with Crippen molar-refractivity contribution in [2.45, 2.75) is 20.3 Å². The second-order valence-electron chi connectivity index (χ2n) is 4.45. The number of esters is 2. The number of carbonyl (C=O) groups excluding carboxylic acids is 2. The Hall–Kier alpha value is -1.10. The van der Waals surface area contributed by atoms with Gasteiger partial charge in [0.05, 0.1) is 14.2 Å². The van der Waals surface area contributed by atoms with Gasteiger partial charge in [-0.05, 0) is 29.3 Å². The highest BCUT2D eigenvalue weighted by Crippen LogP contribution is 2.40. The van der Waals surface area contributed by atoms with Gasteiger partial charge in [0.1, 0.15) is 0 Å². The number of ether oxygens (including phenoxy) is 2. The standard InChI is InChI=1S/C13H17BrO4/c1-8-7-9(14)5-6-10(8)13(2,11(15)17-3)12(16)18-4/h5-6,8H,7H2,1-4H3. The maximum absolute atomic E-state index is 12.0. The van der Waals surface area contributed by atoms with Gasteiger partial charge in [-0.1, -0.05) is 35.0 Å². The number of hydrogen-bond donors (Lipinski definition) is 0. The molecule has 1 aliphatic rings. The van der Waals surface area contributed by atoms with Crippen molar-refractivity contribution in [2.24, 2.45) is 11.3 Å². The summed E-state index contributed by atoms with van der Waals surface area (Å²) in [5.74, 6) is -1.13. The third-order valence-electron chi connectivity index (χ3n) is 3.24. The molecule has 0 aromatic heterocycles. The monoisotopic (exact) mass is 316 g/mol. The molecule has 0 saturated heterocycles. The van der Waals surface area contributed by atoms with Gasteiger partial charge >= 0.3 is 11.9 Å². The van der Waals surface area contributed by atoms with Gasteiger partial charge in [-0.25, -0.2) is 0 Å². The summed E-state index contributed by atoms with van der Waals surface area (Å²) in [7, 11) is 2.53. The van der Waals surface area contributed by atoms with Crippen LogP contribution in [0.4, 0.5) is 0 Å². The van der Waals surface area contributed by atoms with E-state index in [-0.39, 0.29) is 5.92 Å². The molecule has 0 bridgehead atoms. The Bertz CT molecular complexity index is 407. The lowest BCUT2D eigenvalue weighted by molar-refractivity contribution is -0.165. The molecular formula is C13H17BrO4. The van der Waals surface area contributed by atoms with Crippen molar-refractivity contribution in [3.05, 3.63) is 22.2 Å². The molecule has 0 aromatic carbocycles. The smallest absolute Gasteiger partial charge is 0.327 e. The highest BCUT2D eigenvalue weighted by Gasteiger charge is 2.48. The first-order valence-electron chi connectivity index (χ1n) is 5.61. The van der Waals surface area contributed by atoms with Crippen LogP contribution in [0, 0.1) is 11.3 Å². The van der Waals surface area contributed by atoms with Gasteiger partial charge < -0.3 is 9.47 Å². The Morgan fingerprint density at radius 3 is 2.17 bits per heavy atom. The van der Waals surface area contributed by atoms with Crippen molar-refractivity contribution in [3.8, 4) is 0 Å². The molecule has 0 aromatic rings. The summed E-state index contributed by atoms with van der Waals surface area (Å²) in [6.07, 6.45) is 4.38. The zero-order chi connectivity index (χ0) is 13.9. The molecule has 4 nitrogen and oxygen atoms in total. The Kier molecular flexibility index (Phi) is 4.73. The molecule has 0 fully saturated rings. The third kappa shape index (κ3) is 2.51. The number of hydrogen-bond acceptors (Lipinski definition) is 4. The second kappa shape index (κ2) is 5.69. The molecule has 0 saturated carbocycles. The average molecular weight is 317 g/mol. The van der Waals surface area contributed by atoms with E-state index in [1.165, 1.54) is 14.2 Å². The first kappa shape index (κ1) is 15.0.